The molecule has 0 saturated heterocycles. The normalized spacial score (nSPS) is 10.9. The molecule has 1 N–H and O–H groups in total. The monoisotopic (exact) mass is 241 g/mol. The molecule has 3 heterocycles. The Hall–Kier alpha value is -2.63. The molecule has 90 valence electrons. The van der Waals surface area contributed by atoms with Crippen molar-refractivity contribution in [1.82, 2.24) is 24.1 Å². The number of hydrogen-bond acceptors (Lipinski definition) is 4. The Labute approximate surface area is 103 Å². The summed E-state index contributed by atoms with van der Waals surface area (Å²) in [6, 6.07) is 0. The van der Waals surface area contributed by atoms with Gasteiger partial charge in [-0.25, -0.2) is 4.98 Å². The maximum absolute atomic E-state index is 9.31. The fourth-order valence-electron chi connectivity index (χ4n) is 1.74. The molecule has 6 nitrogen and oxygen atoms in total. The number of aliphatic hydroxyl groups excluding tert-OH is 1. The molecule has 0 amide bonds. The number of nitrogens with zero attached hydrogens (tertiary/aromatic N) is 5. The van der Waals surface area contributed by atoms with Crippen LogP contribution in [0.5, 0.6) is 0 Å². The SMILES string of the molecule is C=C(O)c1cn2cc(-c3cnn(C)c3)ncc2n1. The van der Waals surface area contributed by atoms with Gasteiger partial charge in [0.25, 0.3) is 0 Å². The van der Waals surface area contributed by atoms with Gasteiger partial charge >= 0.3 is 0 Å². The molecule has 0 unspecified atom stereocenters. The van der Waals surface area contributed by atoms with E-state index in [1.54, 1.807) is 27.7 Å². The van der Waals surface area contributed by atoms with Crippen molar-refractivity contribution in [3.63, 3.8) is 0 Å². The summed E-state index contributed by atoms with van der Waals surface area (Å²) in [5, 5.41) is 13.4. The Kier molecular flexibility index (Phi) is 2.16. The van der Waals surface area contributed by atoms with Crippen molar-refractivity contribution in [2.75, 3.05) is 0 Å². The van der Waals surface area contributed by atoms with E-state index in [1.165, 1.54) is 0 Å². The van der Waals surface area contributed by atoms with E-state index >= 15 is 0 Å². The van der Waals surface area contributed by atoms with Gasteiger partial charge in [0.1, 0.15) is 11.5 Å². The number of aromatic nitrogens is 5. The lowest BCUT2D eigenvalue weighted by atomic mass is 10.3. The minimum atomic E-state index is -0.0540. The standard InChI is InChI=1S/C12H11N5O/c1-8(18)10-6-17-7-11(13-4-12(17)15-10)9-3-14-16(2)5-9/h3-7,18H,1H2,2H3. The van der Waals surface area contributed by atoms with E-state index in [2.05, 4.69) is 21.6 Å². The molecule has 3 aromatic rings. The number of hydrogen-bond donors (Lipinski definition) is 1. The zero-order valence-corrected chi connectivity index (χ0v) is 9.78. The third-order valence-corrected chi connectivity index (χ3v) is 2.64. The first kappa shape index (κ1) is 10.5. The molecule has 0 bridgehead atoms. The molecule has 0 atom stereocenters. The second kappa shape index (κ2) is 3.69. The fraction of sp³-hybridized carbons (Fsp3) is 0.0833. The predicted octanol–water partition coefficient (Wildman–Crippen LogP) is 1.66. The van der Waals surface area contributed by atoms with E-state index in [0.717, 1.165) is 11.3 Å². The second-order valence-electron chi connectivity index (χ2n) is 4.01. The van der Waals surface area contributed by atoms with Crippen molar-refractivity contribution in [1.29, 1.82) is 0 Å². The summed E-state index contributed by atoms with van der Waals surface area (Å²) in [6.07, 6.45) is 8.83. The smallest absolute Gasteiger partial charge is 0.156 e. The van der Waals surface area contributed by atoms with Gasteiger partial charge < -0.3 is 9.51 Å². The topological polar surface area (TPSA) is 68.2 Å². The van der Waals surface area contributed by atoms with Gasteiger partial charge in [0.05, 0.1) is 18.1 Å². The molecular weight excluding hydrogens is 230 g/mol. The molecule has 0 aliphatic rings. The fourth-order valence-corrected chi connectivity index (χ4v) is 1.74. The Bertz CT molecular complexity index is 740. The Morgan fingerprint density at radius 3 is 2.78 bits per heavy atom. The van der Waals surface area contributed by atoms with Crippen molar-refractivity contribution in [3.8, 4) is 11.3 Å². The van der Waals surface area contributed by atoms with Gasteiger partial charge in [-0.2, -0.15) is 5.10 Å². The van der Waals surface area contributed by atoms with Gasteiger partial charge in [-0.1, -0.05) is 6.58 Å². The van der Waals surface area contributed by atoms with Gasteiger partial charge in [-0.05, 0) is 0 Å². The molecule has 3 rings (SSSR count). The van der Waals surface area contributed by atoms with Crippen molar-refractivity contribution in [2.24, 2.45) is 7.05 Å². The largest absolute Gasteiger partial charge is 0.506 e. The Balaban J connectivity index is 2.13. The van der Waals surface area contributed by atoms with E-state index < -0.39 is 0 Å². The molecule has 6 heteroatoms. The van der Waals surface area contributed by atoms with Gasteiger partial charge in [-0.3, -0.25) is 9.67 Å². The van der Waals surface area contributed by atoms with Crippen molar-refractivity contribution < 1.29 is 5.11 Å². The van der Waals surface area contributed by atoms with Crippen LogP contribution in [0.1, 0.15) is 5.69 Å². The summed E-state index contributed by atoms with van der Waals surface area (Å²) in [7, 11) is 1.85. The number of aliphatic hydroxyl groups is 1. The zero-order valence-electron chi connectivity index (χ0n) is 9.78. The highest BCUT2D eigenvalue weighted by atomic mass is 16.3. The molecular formula is C12H11N5O. The van der Waals surface area contributed by atoms with E-state index in [9.17, 15) is 5.11 Å². The van der Waals surface area contributed by atoms with Gasteiger partial charge in [0.2, 0.25) is 0 Å². The molecule has 0 saturated carbocycles. The van der Waals surface area contributed by atoms with Crippen LogP contribution >= 0.6 is 0 Å². The average Bonchev–Trinajstić information content (AvgIpc) is 2.93. The summed E-state index contributed by atoms with van der Waals surface area (Å²) in [6.45, 7) is 3.45. The van der Waals surface area contributed by atoms with Crippen LogP contribution in [-0.4, -0.2) is 29.3 Å². The summed E-state index contributed by atoms with van der Waals surface area (Å²) < 4.78 is 3.52. The molecule has 0 aliphatic heterocycles. The Morgan fingerprint density at radius 1 is 1.28 bits per heavy atom. The van der Waals surface area contributed by atoms with E-state index in [1.807, 2.05) is 19.4 Å². The second-order valence-corrected chi connectivity index (χ2v) is 4.01. The lowest BCUT2D eigenvalue weighted by molar-refractivity contribution is 0.511. The molecule has 0 fully saturated rings. The molecule has 0 aromatic carbocycles. The van der Waals surface area contributed by atoms with Crippen LogP contribution < -0.4 is 0 Å². The van der Waals surface area contributed by atoms with E-state index in [4.69, 9.17) is 0 Å². The summed E-state index contributed by atoms with van der Waals surface area (Å²) in [5.74, 6) is -0.0540. The lowest BCUT2D eigenvalue weighted by Crippen LogP contribution is -1.89. The summed E-state index contributed by atoms with van der Waals surface area (Å²) >= 11 is 0. The maximum atomic E-state index is 9.31. The lowest BCUT2D eigenvalue weighted by Gasteiger charge is -1.97. The van der Waals surface area contributed by atoms with Crippen LogP contribution in [0.4, 0.5) is 0 Å². The minimum absolute atomic E-state index is 0.0540. The quantitative estimate of drug-likeness (QED) is 0.693. The molecule has 3 aromatic heterocycles. The van der Waals surface area contributed by atoms with Crippen molar-refractivity contribution in [3.05, 3.63) is 43.3 Å². The van der Waals surface area contributed by atoms with Crippen LogP contribution in [-0.2, 0) is 7.05 Å². The van der Waals surface area contributed by atoms with Crippen LogP contribution in [0.25, 0.3) is 22.7 Å². The third kappa shape index (κ3) is 1.64. The minimum Gasteiger partial charge on any atom is -0.506 e. The van der Waals surface area contributed by atoms with Gasteiger partial charge in [-0.15, -0.1) is 0 Å². The zero-order chi connectivity index (χ0) is 12.7. The highest BCUT2D eigenvalue weighted by Crippen LogP contribution is 2.17. The van der Waals surface area contributed by atoms with Crippen LogP contribution in [0.3, 0.4) is 0 Å². The molecule has 0 aliphatic carbocycles. The summed E-state index contributed by atoms with van der Waals surface area (Å²) in [4.78, 5) is 8.50. The summed E-state index contributed by atoms with van der Waals surface area (Å²) in [5.41, 5.74) is 2.83. The van der Waals surface area contributed by atoms with Gasteiger partial charge in [0.15, 0.2) is 5.65 Å². The van der Waals surface area contributed by atoms with E-state index in [-0.39, 0.29) is 5.76 Å². The molecule has 0 spiro atoms. The van der Waals surface area contributed by atoms with Crippen LogP contribution in [0, 0.1) is 0 Å². The number of rotatable bonds is 2. The predicted molar refractivity (Wildman–Crippen MR) is 66.9 cm³/mol. The Morgan fingerprint density at radius 2 is 2.11 bits per heavy atom. The van der Waals surface area contributed by atoms with Crippen molar-refractivity contribution >= 4 is 11.4 Å². The van der Waals surface area contributed by atoms with Crippen molar-refractivity contribution in [2.45, 2.75) is 0 Å². The molecule has 0 radical (unpaired) electrons. The molecule has 18 heavy (non-hydrogen) atoms. The first-order valence-electron chi connectivity index (χ1n) is 5.35. The highest BCUT2D eigenvalue weighted by molar-refractivity contribution is 5.60. The number of aryl methyl sites for hydroxylation is 1. The highest BCUT2D eigenvalue weighted by Gasteiger charge is 2.07. The maximum Gasteiger partial charge on any atom is 0.156 e. The average molecular weight is 241 g/mol. The number of fused-ring (bicyclic) bond motifs is 1. The van der Waals surface area contributed by atoms with Crippen LogP contribution in [0.2, 0.25) is 0 Å². The first-order chi connectivity index (χ1) is 8.63. The third-order valence-electron chi connectivity index (χ3n) is 2.64. The van der Waals surface area contributed by atoms with E-state index in [0.29, 0.717) is 11.3 Å². The number of imidazole rings is 1. The first-order valence-corrected chi connectivity index (χ1v) is 5.35. The van der Waals surface area contributed by atoms with Crippen LogP contribution in [0.15, 0.2) is 37.6 Å². The van der Waals surface area contributed by atoms with Gasteiger partial charge in [0, 0.05) is 31.2 Å².